The molecule has 0 saturated carbocycles. The molecule has 2 aromatic heterocycles. The molecule has 18 heavy (non-hydrogen) atoms. The number of hydrogen-bond acceptors (Lipinski definition) is 5. The monoisotopic (exact) mass is 244 g/mol. The smallest absolute Gasteiger partial charge is 0.246 e. The molecule has 3 rings (SSSR count). The van der Waals surface area contributed by atoms with Gasteiger partial charge in [0, 0.05) is 18.8 Å². The van der Waals surface area contributed by atoms with E-state index in [4.69, 9.17) is 4.52 Å². The topological polar surface area (TPSA) is 63.8 Å². The summed E-state index contributed by atoms with van der Waals surface area (Å²) in [6, 6.07) is 3.93. The Morgan fingerprint density at radius 1 is 1.39 bits per heavy atom. The minimum Gasteiger partial charge on any atom is -0.337 e. The van der Waals surface area contributed by atoms with Gasteiger partial charge in [-0.25, -0.2) is 0 Å². The second-order valence-corrected chi connectivity index (χ2v) is 4.91. The van der Waals surface area contributed by atoms with E-state index in [1.54, 1.807) is 12.4 Å². The largest absolute Gasteiger partial charge is 0.337 e. The van der Waals surface area contributed by atoms with Crippen molar-refractivity contribution < 1.29 is 4.52 Å². The van der Waals surface area contributed by atoms with Crippen LogP contribution < -0.4 is 5.32 Å². The summed E-state index contributed by atoms with van der Waals surface area (Å²) in [4.78, 5) is 8.49. The van der Waals surface area contributed by atoms with Crippen molar-refractivity contribution in [2.75, 3.05) is 6.54 Å². The van der Waals surface area contributed by atoms with E-state index in [0.717, 1.165) is 30.8 Å². The molecule has 2 aromatic rings. The number of nitrogens with one attached hydrogen (secondary N) is 1. The van der Waals surface area contributed by atoms with Crippen molar-refractivity contribution in [1.29, 1.82) is 0 Å². The third-order valence-electron chi connectivity index (χ3n) is 3.42. The van der Waals surface area contributed by atoms with Crippen molar-refractivity contribution in [2.45, 2.75) is 31.7 Å². The quantitative estimate of drug-likeness (QED) is 0.889. The number of rotatable bonds is 3. The van der Waals surface area contributed by atoms with Gasteiger partial charge in [0.2, 0.25) is 5.89 Å². The average Bonchev–Trinajstić information content (AvgIpc) is 3.01. The number of pyridine rings is 1. The molecule has 1 atom stereocenters. The Balaban J connectivity index is 1.78. The number of nitrogens with zero attached hydrogens (tertiary/aromatic N) is 3. The van der Waals surface area contributed by atoms with Crippen molar-refractivity contribution in [3.05, 3.63) is 41.8 Å². The molecule has 1 fully saturated rings. The Labute approximate surface area is 106 Å². The van der Waals surface area contributed by atoms with E-state index < -0.39 is 0 Å². The highest BCUT2D eigenvalue weighted by atomic mass is 16.5. The minimum absolute atomic E-state index is 0.149. The second kappa shape index (κ2) is 4.49. The molecule has 0 aromatic carbocycles. The molecule has 0 bridgehead atoms. The molecule has 5 nitrogen and oxygen atoms in total. The van der Waals surface area contributed by atoms with E-state index in [9.17, 15) is 0 Å². The Kier molecular flexibility index (Phi) is 2.83. The third kappa shape index (κ3) is 2.13. The lowest BCUT2D eigenvalue weighted by atomic mass is 10.0. The van der Waals surface area contributed by atoms with Gasteiger partial charge in [0.15, 0.2) is 5.82 Å². The lowest BCUT2D eigenvalue weighted by Gasteiger charge is -2.18. The summed E-state index contributed by atoms with van der Waals surface area (Å²) in [7, 11) is 0. The van der Waals surface area contributed by atoms with Gasteiger partial charge in [0.1, 0.15) is 0 Å². The molecule has 1 saturated heterocycles. The molecule has 0 radical (unpaired) electrons. The zero-order valence-corrected chi connectivity index (χ0v) is 10.4. The van der Waals surface area contributed by atoms with Crippen LogP contribution in [0.1, 0.15) is 37.0 Å². The van der Waals surface area contributed by atoms with Crippen LogP contribution in [-0.2, 0) is 12.0 Å². The molecule has 0 amide bonds. The highest BCUT2D eigenvalue weighted by Gasteiger charge is 2.35. The molecular weight excluding hydrogens is 228 g/mol. The molecule has 5 heteroatoms. The van der Waals surface area contributed by atoms with Crippen LogP contribution in [0.3, 0.4) is 0 Å². The fourth-order valence-corrected chi connectivity index (χ4v) is 2.31. The van der Waals surface area contributed by atoms with Crippen LogP contribution >= 0.6 is 0 Å². The summed E-state index contributed by atoms with van der Waals surface area (Å²) in [6.45, 7) is 3.13. The highest BCUT2D eigenvalue weighted by molar-refractivity contribution is 5.15. The van der Waals surface area contributed by atoms with Gasteiger partial charge in [-0.15, -0.1) is 0 Å². The van der Waals surface area contributed by atoms with Gasteiger partial charge >= 0.3 is 0 Å². The Morgan fingerprint density at radius 2 is 2.22 bits per heavy atom. The standard InChI is InChI=1S/C13H16N4O/c1-13(5-2-6-15-13)12-16-11(17-18-12)9-10-3-7-14-8-4-10/h3-4,7-8,15H,2,5-6,9H2,1H3. The molecule has 0 spiro atoms. The maximum absolute atomic E-state index is 5.38. The van der Waals surface area contributed by atoms with Crippen LogP contribution in [0, 0.1) is 0 Å². The van der Waals surface area contributed by atoms with Gasteiger partial charge < -0.3 is 9.84 Å². The Bertz CT molecular complexity index is 517. The lowest BCUT2D eigenvalue weighted by molar-refractivity contribution is 0.274. The van der Waals surface area contributed by atoms with Crippen molar-refractivity contribution >= 4 is 0 Å². The maximum atomic E-state index is 5.38. The molecule has 0 aliphatic carbocycles. The minimum atomic E-state index is -0.149. The first-order valence-electron chi connectivity index (χ1n) is 6.23. The molecule has 94 valence electrons. The normalized spacial score (nSPS) is 23.4. The average molecular weight is 244 g/mol. The number of aromatic nitrogens is 3. The summed E-state index contributed by atoms with van der Waals surface area (Å²) in [5.74, 6) is 1.43. The zero-order chi connectivity index (χ0) is 12.4. The van der Waals surface area contributed by atoms with Gasteiger partial charge in [-0.1, -0.05) is 5.16 Å². The SMILES string of the molecule is CC1(c2nc(Cc3ccncc3)no2)CCCN1. The summed E-state index contributed by atoms with van der Waals surface area (Å²) in [5.41, 5.74) is 0.991. The van der Waals surface area contributed by atoms with E-state index in [1.807, 2.05) is 12.1 Å². The van der Waals surface area contributed by atoms with Crippen LogP contribution in [0.15, 0.2) is 29.0 Å². The lowest BCUT2D eigenvalue weighted by Crippen LogP contribution is -2.33. The van der Waals surface area contributed by atoms with Crippen molar-refractivity contribution in [3.63, 3.8) is 0 Å². The predicted octanol–water partition coefficient (Wildman–Crippen LogP) is 1.65. The molecule has 1 aliphatic heterocycles. The van der Waals surface area contributed by atoms with Crippen molar-refractivity contribution in [2.24, 2.45) is 0 Å². The van der Waals surface area contributed by atoms with Gasteiger partial charge in [-0.05, 0) is 44.0 Å². The fraction of sp³-hybridized carbons (Fsp3) is 0.462. The first kappa shape index (κ1) is 11.3. The van der Waals surface area contributed by atoms with Crippen LogP contribution in [0.25, 0.3) is 0 Å². The molecule has 1 aliphatic rings. The third-order valence-corrected chi connectivity index (χ3v) is 3.42. The Hall–Kier alpha value is -1.75. The van der Waals surface area contributed by atoms with E-state index in [-0.39, 0.29) is 5.54 Å². The zero-order valence-electron chi connectivity index (χ0n) is 10.4. The van der Waals surface area contributed by atoms with Gasteiger partial charge in [0.25, 0.3) is 0 Å². The van der Waals surface area contributed by atoms with Crippen LogP contribution in [-0.4, -0.2) is 21.7 Å². The summed E-state index contributed by atoms with van der Waals surface area (Å²) >= 11 is 0. The first-order valence-corrected chi connectivity index (χ1v) is 6.23. The maximum Gasteiger partial charge on any atom is 0.246 e. The summed E-state index contributed by atoms with van der Waals surface area (Å²) in [6.07, 6.45) is 6.43. The molecule has 1 N–H and O–H groups in total. The second-order valence-electron chi connectivity index (χ2n) is 4.91. The Morgan fingerprint density at radius 3 is 2.94 bits per heavy atom. The van der Waals surface area contributed by atoms with E-state index in [1.165, 1.54) is 0 Å². The predicted molar refractivity (Wildman–Crippen MR) is 65.9 cm³/mol. The van der Waals surface area contributed by atoms with Crippen LogP contribution in [0.5, 0.6) is 0 Å². The van der Waals surface area contributed by atoms with Crippen molar-refractivity contribution in [3.8, 4) is 0 Å². The number of hydrogen-bond donors (Lipinski definition) is 1. The van der Waals surface area contributed by atoms with Gasteiger partial charge in [0.05, 0.1) is 5.54 Å². The molecule has 1 unspecified atom stereocenters. The van der Waals surface area contributed by atoms with Crippen molar-refractivity contribution in [1.82, 2.24) is 20.4 Å². The van der Waals surface area contributed by atoms with E-state index in [2.05, 4.69) is 27.4 Å². The highest BCUT2D eigenvalue weighted by Crippen LogP contribution is 2.28. The fourth-order valence-electron chi connectivity index (χ4n) is 2.31. The first-order chi connectivity index (χ1) is 8.76. The molecular formula is C13H16N4O. The van der Waals surface area contributed by atoms with E-state index in [0.29, 0.717) is 12.3 Å². The van der Waals surface area contributed by atoms with Crippen LogP contribution in [0.4, 0.5) is 0 Å². The van der Waals surface area contributed by atoms with Crippen LogP contribution in [0.2, 0.25) is 0 Å². The summed E-state index contributed by atoms with van der Waals surface area (Å²) in [5, 5.41) is 7.47. The van der Waals surface area contributed by atoms with Gasteiger partial charge in [-0.3, -0.25) is 4.98 Å². The molecule has 3 heterocycles. The van der Waals surface area contributed by atoms with E-state index >= 15 is 0 Å². The summed E-state index contributed by atoms with van der Waals surface area (Å²) < 4.78 is 5.38. The van der Waals surface area contributed by atoms with Gasteiger partial charge in [-0.2, -0.15) is 4.98 Å².